The first-order valence-electron chi connectivity index (χ1n) is 7.39. The molecule has 1 aromatic carbocycles. The van der Waals surface area contributed by atoms with Gasteiger partial charge in [0.25, 0.3) is 0 Å². The van der Waals surface area contributed by atoms with Crippen LogP contribution in [-0.4, -0.2) is 35.6 Å². The Labute approximate surface area is 137 Å². The molecule has 2 atom stereocenters. The van der Waals surface area contributed by atoms with Crippen LogP contribution in [-0.2, 0) is 9.59 Å². The van der Waals surface area contributed by atoms with E-state index in [0.717, 1.165) is 17.7 Å². The van der Waals surface area contributed by atoms with E-state index in [1.54, 1.807) is 4.90 Å². The Morgan fingerprint density at radius 1 is 1.41 bits per heavy atom. The van der Waals surface area contributed by atoms with E-state index in [2.05, 4.69) is 5.32 Å². The molecule has 1 heterocycles. The number of carbonyl (C=O) groups excluding carboxylic acids is 1. The van der Waals surface area contributed by atoms with Gasteiger partial charge in [0, 0.05) is 12.2 Å². The highest BCUT2D eigenvalue weighted by Gasteiger charge is 2.34. The monoisotopic (exact) mass is 326 g/mol. The molecule has 0 saturated carbocycles. The Kier molecular flexibility index (Phi) is 6.84. The third-order valence-corrected chi connectivity index (χ3v) is 3.83. The summed E-state index contributed by atoms with van der Waals surface area (Å²) in [5.41, 5.74) is 2.02. The van der Waals surface area contributed by atoms with Gasteiger partial charge in [0.1, 0.15) is 6.04 Å². The Bertz CT molecular complexity index is 519. The maximum absolute atomic E-state index is 12.4. The van der Waals surface area contributed by atoms with Gasteiger partial charge in [-0.2, -0.15) is 0 Å². The lowest BCUT2D eigenvalue weighted by Crippen LogP contribution is -2.47. The predicted octanol–water partition coefficient (Wildman–Crippen LogP) is 2.37. The number of aliphatic carboxylic acids is 1. The van der Waals surface area contributed by atoms with Gasteiger partial charge in [0.05, 0.1) is 6.04 Å². The molecule has 1 amide bonds. The van der Waals surface area contributed by atoms with Gasteiger partial charge in [-0.1, -0.05) is 31.0 Å². The molecule has 122 valence electrons. The molecule has 1 aromatic rings. The molecule has 2 N–H and O–H groups in total. The number of hydrogen-bond donors (Lipinski definition) is 2. The van der Waals surface area contributed by atoms with Crippen LogP contribution in [0.3, 0.4) is 0 Å². The van der Waals surface area contributed by atoms with Crippen molar-refractivity contribution in [3.63, 3.8) is 0 Å². The summed E-state index contributed by atoms with van der Waals surface area (Å²) in [6.45, 7) is 4.56. The van der Waals surface area contributed by atoms with E-state index in [1.165, 1.54) is 0 Å². The Morgan fingerprint density at radius 2 is 2.05 bits per heavy atom. The summed E-state index contributed by atoms with van der Waals surface area (Å²) in [5.74, 6) is -0.931. The number of amides is 1. The van der Waals surface area contributed by atoms with E-state index < -0.39 is 18.1 Å². The molecule has 1 fully saturated rings. The lowest BCUT2D eigenvalue weighted by atomic mass is 10.1. The number of nitrogens with one attached hydrogen (secondary N) is 1. The molecular weight excluding hydrogens is 304 g/mol. The van der Waals surface area contributed by atoms with Crippen LogP contribution in [0.25, 0.3) is 0 Å². The number of carboxylic acids is 1. The smallest absolute Gasteiger partial charge is 0.320 e. The fraction of sp³-hybridized carbons (Fsp3) is 0.500. The van der Waals surface area contributed by atoms with Crippen molar-refractivity contribution in [2.75, 3.05) is 11.4 Å². The minimum absolute atomic E-state index is 0. The molecule has 2 rings (SSSR count). The average molecular weight is 327 g/mol. The highest BCUT2D eigenvalue weighted by molar-refractivity contribution is 5.99. The normalized spacial score (nSPS) is 18.9. The van der Waals surface area contributed by atoms with Crippen LogP contribution in [0.4, 0.5) is 5.69 Å². The van der Waals surface area contributed by atoms with Crippen molar-refractivity contribution in [3.05, 3.63) is 29.8 Å². The molecule has 22 heavy (non-hydrogen) atoms. The van der Waals surface area contributed by atoms with Crippen LogP contribution < -0.4 is 10.2 Å². The molecule has 0 radical (unpaired) electrons. The largest absolute Gasteiger partial charge is 0.480 e. The Hall–Kier alpha value is -1.59. The van der Waals surface area contributed by atoms with Gasteiger partial charge in [0.2, 0.25) is 5.91 Å². The summed E-state index contributed by atoms with van der Waals surface area (Å²) < 4.78 is 0. The summed E-state index contributed by atoms with van der Waals surface area (Å²) >= 11 is 0. The molecule has 1 aliphatic rings. The number of anilines is 1. The number of benzene rings is 1. The van der Waals surface area contributed by atoms with E-state index in [9.17, 15) is 14.7 Å². The highest BCUT2D eigenvalue weighted by Crippen LogP contribution is 2.22. The fourth-order valence-electron chi connectivity index (χ4n) is 2.63. The molecule has 0 spiro atoms. The van der Waals surface area contributed by atoms with Crippen molar-refractivity contribution in [2.24, 2.45) is 0 Å². The molecule has 1 aliphatic heterocycles. The highest BCUT2D eigenvalue weighted by atomic mass is 35.5. The van der Waals surface area contributed by atoms with Crippen LogP contribution in [0.1, 0.15) is 31.7 Å². The topological polar surface area (TPSA) is 69.6 Å². The summed E-state index contributed by atoms with van der Waals surface area (Å²) in [6, 6.07) is 6.74. The second kappa shape index (κ2) is 8.15. The number of rotatable bonds is 6. The van der Waals surface area contributed by atoms with E-state index in [4.69, 9.17) is 0 Å². The lowest BCUT2D eigenvalue weighted by Gasteiger charge is -2.20. The van der Waals surface area contributed by atoms with E-state index in [0.29, 0.717) is 19.4 Å². The summed E-state index contributed by atoms with van der Waals surface area (Å²) in [7, 11) is 0. The summed E-state index contributed by atoms with van der Waals surface area (Å²) in [4.78, 5) is 25.3. The van der Waals surface area contributed by atoms with E-state index >= 15 is 0 Å². The minimum atomic E-state index is -0.890. The fourth-order valence-corrected chi connectivity index (χ4v) is 2.63. The van der Waals surface area contributed by atoms with Gasteiger partial charge in [0.15, 0.2) is 0 Å². The number of halogens is 1. The zero-order chi connectivity index (χ0) is 15.4. The molecule has 5 nitrogen and oxygen atoms in total. The zero-order valence-electron chi connectivity index (χ0n) is 12.9. The van der Waals surface area contributed by atoms with Gasteiger partial charge in [-0.3, -0.25) is 14.9 Å². The average Bonchev–Trinajstić information content (AvgIpc) is 2.81. The number of carbonyl (C=O) groups is 2. The SMILES string of the molecule is CCCC(NC1CCN(c2ccc(C)cc2)C1=O)C(=O)O.Cl. The number of nitrogens with zero attached hydrogens (tertiary/aromatic N) is 1. The first-order chi connectivity index (χ1) is 10.0. The molecule has 2 unspecified atom stereocenters. The van der Waals surface area contributed by atoms with E-state index in [-0.39, 0.29) is 18.3 Å². The van der Waals surface area contributed by atoms with Crippen LogP contribution in [0.2, 0.25) is 0 Å². The number of carboxylic acid groups (broad SMARTS) is 1. The maximum atomic E-state index is 12.4. The quantitative estimate of drug-likeness (QED) is 0.842. The molecule has 1 saturated heterocycles. The number of aryl methyl sites for hydroxylation is 1. The van der Waals surface area contributed by atoms with Crippen LogP contribution in [0.15, 0.2) is 24.3 Å². The first kappa shape index (κ1) is 18.5. The molecule has 0 bridgehead atoms. The third kappa shape index (κ3) is 4.21. The maximum Gasteiger partial charge on any atom is 0.320 e. The summed E-state index contributed by atoms with van der Waals surface area (Å²) in [5, 5.41) is 12.2. The first-order valence-corrected chi connectivity index (χ1v) is 7.39. The molecule has 0 aromatic heterocycles. The Morgan fingerprint density at radius 3 is 2.59 bits per heavy atom. The van der Waals surface area contributed by atoms with Crippen molar-refractivity contribution in [3.8, 4) is 0 Å². The van der Waals surface area contributed by atoms with Gasteiger partial charge >= 0.3 is 5.97 Å². The Balaban J connectivity index is 0.00000242. The van der Waals surface area contributed by atoms with Crippen molar-refractivity contribution < 1.29 is 14.7 Å². The number of hydrogen-bond acceptors (Lipinski definition) is 3. The second-order valence-electron chi connectivity index (χ2n) is 5.51. The zero-order valence-corrected chi connectivity index (χ0v) is 13.7. The van der Waals surface area contributed by atoms with Crippen molar-refractivity contribution in [1.82, 2.24) is 5.32 Å². The van der Waals surface area contributed by atoms with Crippen LogP contribution in [0.5, 0.6) is 0 Å². The van der Waals surface area contributed by atoms with Crippen molar-refractivity contribution in [1.29, 1.82) is 0 Å². The predicted molar refractivity (Wildman–Crippen MR) is 88.7 cm³/mol. The standard InChI is InChI=1S/C16H22N2O3.ClH/c1-3-4-14(16(20)21)17-13-9-10-18(15(13)19)12-7-5-11(2)6-8-12;/h5-8,13-14,17H,3-4,9-10H2,1-2H3,(H,20,21);1H. The lowest BCUT2D eigenvalue weighted by molar-refractivity contribution is -0.140. The summed E-state index contributed by atoms with van der Waals surface area (Å²) in [6.07, 6.45) is 1.94. The molecular formula is C16H23ClN2O3. The minimum Gasteiger partial charge on any atom is -0.480 e. The van der Waals surface area contributed by atoms with Gasteiger partial charge in [-0.05, 0) is 31.9 Å². The second-order valence-corrected chi connectivity index (χ2v) is 5.51. The molecule has 6 heteroatoms. The van der Waals surface area contributed by atoms with Gasteiger partial charge in [-0.25, -0.2) is 0 Å². The van der Waals surface area contributed by atoms with Crippen molar-refractivity contribution in [2.45, 2.75) is 45.2 Å². The third-order valence-electron chi connectivity index (χ3n) is 3.83. The van der Waals surface area contributed by atoms with Crippen LogP contribution in [0, 0.1) is 6.92 Å². The van der Waals surface area contributed by atoms with E-state index in [1.807, 2.05) is 38.1 Å². The van der Waals surface area contributed by atoms with Crippen molar-refractivity contribution >= 4 is 30.0 Å². The van der Waals surface area contributed by atoms with Crippen LogP contribution >= 0.6 is 12.4 Å². The molecule has 0 aliphatic carbocycles. The van der Waals surface area contributed by atoms with Gasteiger partial charge in [-0.15, -0.1) is 12.4 Å². The van der Waals surface area contributed by atoms with Gasteiger partial charge < -0.3 is 10.0 Å².